The van der Waals surface area contributed by atoms with Crippen molar-refractivity contribution in [2.75, 3.05) is 12.4 Å². The molecule has 1 N–H and O–H groups in total. The molecule has 2 heterocycles. The molecule has 1 unspecified atom stereocenters. The predicted molar refractivity (Wildman–Crippen MR) is 64.6 cm³/mol. The highest BCUT2D eigenvalue weighted by Crippen LogP contribution is 2.24. The van der Waals surface area contributed by atoms with Crippen molar-refractivity contribution in [3.05, 3.63) is 34.3 Å². The van der Waals surface area contributed by atoms with E-state index in [9.17, 15) is 0 Å². The molecule has 0 fully saturated rings. The smallest absolute Gasteiger partial charge is 0.203 e. The quantitative estimate of drug-likeness (QED) is 0.863. The van der Waals surface area contributed by atoms with E-state index in [1.165, 1.54) is 5.56 Å². The third kappa shape index (κ3) is 1.90. The Morgan fingerprint density at radius 2 is 2.33 bits per heavy atom. The standard InChI is InChI=1S/C11H15N3S/c1-8-6-14(11(12-3)13-8)9(2)10-4-5-15-7-10/h4-7,9H,1-3H3,(H,12,13). The van der Waals surface area contributed by atoms with Gasteiger partial charge in [-0.25, -0.2) is 4.98 Å². The van der Waals surface area contributed by atoms with Crippen LogP contribution in [0, 0.1) is 6.92 Å². The van der Waals surface area contributed by atoms with Crippen LogP contribution in [0.1, 0.15) is 24.2 Å². The van der Waals surface area contributed by atoms with Crippen molar-refractivity contribution < 1.29 is 0 Å². The molecule has 2 aromatic rings. The molecule has 2 aromatic heterocycles. The number of nitrogens with one attached hydrogen (secondary N) is 1. The molecule has 0 saturated carbocycles. The Morgan fingerprint density at radius 1 is 1.53 bits per heavy atom. The van der Waals surface area contributed by atoms with Gasteiger partial charge in [0.15, 0.2) is 0 Å². The number of rotatable bonds is 3. The summed E-state index contributed by atoms with van der Waals surface area (Å²) in [5, 5.41) is 7.40. The van der Waals surface area contributed by atoms with Crippen molar-refractivity contribution in [3.8, 4) is 0 Å². The van der Waals surface area contributed by atoms with E-state index in [1.807, 2.05) is 14.0 Å². The molecule has 0 bridgehead atoms. The van der Waals surface area contributed by atoms with Crippen LogP contribution in [0.4, 0.5) is 5.95 Å². The minimum absolute atomic E-state index is 0.333. The average Bonchev–Trinajstić information content (AvgIpc) is 2.84. The third-order valence-electron chi connectivity index (χ3n) is 2.52. The summed E-state index contributed by atoms with van der Waals surface area (Å²) in [5.74, 6) is 0.922. The average molecular weight is 221 g/mol. The van der Waals surface area contributed by atoms with E-state index in [0.29, 0.717) is 6.04 Å². The van der Waals surface area contributed by atoms with Gasteiger partial charge in [0.1, 0.15) is 0 Å². The van der Waals surface area contributed by atoms with Crippen molar-refractivity contribution in [2.24, 2.45) is 0 Å². The van der Waals surface area contributed by atoms with Crippen LogP contribution in [0.15, 0.2) is 23.0 Å². The van der Waals surface area contributed by atoms with Crippen LogP contribution in [0.3, 0.4) is 0 Å². The molecule has 3 nitrogen and oxygen atoms in total. The van der Waals surface area contributed by atoms with E-state index >= 15 is 0 Å². The second-order valence-electron chi connectivity index (χ2n) is 3.60. The molecule has 0 aliphatic heterocycles. The van der Waals surface area contributed by atoms with Gasteiger partial charge in [-0.1, -0.05) is 0 Å². The molecule has 0 spiro atoms. The van der Waals surface area contributed by atoms with E-state index in [1.54, 1.807) is 11.3 Å². The maximum absolute atomic E-state index is 4.42. The van der Waals surface area contributed by atoms with Crippen molar-refractivity contribution in [2.45, 2.75) is 19.9 Å². The number of aryl methyl sites for hydroxylation is 1. The number of thiophene rings is 1. The molecule has 0 aromatic carbocycles. The Bertz CT molecular complexity index is 431. The largest absolute Gasteiger partial charge is 0.359 e. The Hall–Kier alpha value is -1.29. The molecular formula is C11H15N3S. The van der Waals surface area contributed by atoms with Gasteiger partial charge in [0.05, 0.1) is 11.7 Å². The van der Waals surface area contributed by atoms with E-state index in [0.717, 1.165) is 11.6 Å². The zero-order valence-corrected chi connectivity index (χ0v) is 10.0. The second kappa shape index (κ2) is 4.06. The summed E-state index contributed by atoms with van der Waals surface area (Å²) >= 11 is 1.73. The number of aromatic nitrogens is 2. The summed E-state index contributed by atoms with van der Waals surface area (Å²) in [5.41, 5.74) is 2.37. The van der Waals surface area contributed by atoms with Gasteiger partial charge in [-0.2, -0.15) is 11.3 Å². The van der Waals surface area contributed by atoms with E-state index in [4.69, 9.17) is 0 Å². The maximum Gasteiger partial charge on any atom is 0.203 e. The fraction of sp³-hybridized carbons (Fsp3) is 0.364. The van der Waals surface area contributed by atoms with Crippen molar-refractivity contribution >= 4 is 17.3 Å². The number of hydrogen-bond acceptors (Lipinski definition) is 3. The van der Waals surface area contributed by atoms with Crippen molar-refractivity contribution in [1.82, 2.24) is 9.55 Å². The highest BCUT2D eigenvalue weighted by atomic mass is 32.1. The molecule has 2 rings (SSSR count). The number of nitrogens with zero attached hydrogens (tertiary/aromatic N) is 2. The highest BCUT2D eigenvalue weighted by molar-refractivity contribution is 7.07. The van der Waals surface area contributed by atoms with Gasteiger partial charge in [-0.3, -0.25) is 0 Å². The van der Waals surface area contributed by atoms with Gasteiger partial charge in [0.25, 0.3) is 0 Å². The van der Waals surface area contributed by atoms with Gasteiger partial charge >= 0.3 is 0 Å². The Kier molecular flexibility index (Phi) is 2.77. The van der Waals surface area contributed by atoms with Crippen LogP contribution in [-0.4, -0.2) is 16.6 Å². The summed E-state index contributed by atoms with van der Waals surface area (Å²) in [6, 6.07) is 2.49. The predicted octanol–water partition coefficient (Wildman–Crippen LogP) is 2.90. The first kappa shape index (κ1) is 10.2. The van der Waals surface area contributed by atoms with Crippen LogP contribution in [0.25, 0.3) is 0 Å². The first-order chi connectivity index (χ1) is 7.22. The fourth-order valence-corrected chi connectivity index (χ4v) is 2.42. The van der Waals surface area contributed by atoms with Crippen LogP contribution < -0.4 is 5.32 Å². The molecule has 0 aliphatic rings. The number of anilines is 1. The molecule has 4 heteroatoms. The van der Waals surface area contributed by atoms with Crippen LogP contribution >= 0.6 is 11.3 Å². The lowest BCUT2D eigenvalue weighted by atomic mass is 10.2. The molecule has 1 atom stereocenters. The minimum atomic E-state index is 0.333. The van der Waals surface area contributed by atoms with Crippen LogP contribution in [0.5, 0.6) is 0 Å². The third-order valence-corrected chi connectivity index (χ3v) is 3.22. The topological polar surface area (TPSA) is 29.9 Å². The van der Waals surface area contributed by atoms with Gasteiger partial charge in [-0.15, -0.1) is 0 Å². The first-order valence-electron chi connectivity index (χ1n) is 4.97. The zero-order chi connectivity index (χ0) is 10.8. The molecular weight excluding hydrogens is 206 g/mol. The van der Waals surface area contributed by atoms with Crippen LogP contribution in [-0.2, 0) is 0 Å². The highest BCUT2D eigenvalue weighted by Gasteiger charge is 2.12. The molecule has 15 heavy (non-hydrogen) atoms. The SMILES string of the molecule is CNc1nc(C)cn1C(C)c1ccsc1. The van der Waals surface area contributed by atoms with Gasteiger partial charge in [-0.05, 0) is 36.2 Å². The van der Waals surface area contributed by atoms with Crippen LogP contribution in [0.2, 0.25) is 0 Å². The summed E-state index contributed by atoms with van der Waals surface area (Å²) in [6.07, 6.45) is 2.08. The normalized spacial score (nSPS) is 12.7. The molecule has 0 radical (unpaired) electrons. The lowest BCUT2D eigenvalue weighted by Gasteiger charge is -2.14. The molecule has 0 aliphatic carbocycles. The molecule has 80 valence electrons. The van der Waals surface area contributed by atoms with E-state index in [-0.39, 0.29) is 0 Å². The van der Waals surface area contributed by atoms with Gasteiger partial charge in [0, 0.05) is 13.2 Å². The van der Waals surface area contributed by atoms with Crippen molar-refractivity contribution in [1.29, 1.82) is 0 Å². The van der Waals surface area contributed by atoms with Gasteiger partial charge in [0.2, 0.25) is 5.95 Å². The summed E-state index contributed by atoms with van der Waals surface area (Å²) in [6.45, 7) is 4.20. The second-order valence-corrected chi connectivity index (χ2v) is 4.38. The summed E-state index contributed by atoms with van der Waals surface area (Å²) in [4.78, 5) is 4.42. The monoisotopic (exact) mass is 221 g/mol. The van der Waals surface area contributed by atoms with Crippen molar-refractivity contribution in [3.63, 3.8) is 0 Å². The lowest BCUT2D eigenvalue weighted by molar-refractivity contribution is 0.647. The Labute approximate surface area is 93.8 Å². The molecule has 0 amide bonds. The first-order valence-corrected chi connectivity index (χ1v) is 5.92. The summed E-state index contributed by atoms with van der Waals surface area (Å²) in [7, 11) is 1.90. The Morgan fingerprint density at radius 3 is 2.93 bits per heavy atom. The van der Waals surface area contributed by atoms with Gasteiger partial charge < -0.3 is 9.88 Å². The molecule has 0 saturated heterocycles. The lowest BCUT2D eigenvalue weighted by Crippen LogP contribution is -2.08. The number of imidazole rings is 1. The zero-order valence-electron chi connectivity index (χ0n) is 9.19. The number of hydrogen-bond donors (Lipinski definition) is 1. The minimum Gasteiger partial charge on any atom is -0.359 e. The van der Waals surface area contributed by atoms with E-state index < -0.39 is 0 Å². The Balaban J connectivity index is 2.36. The fourth-order valence-electron chi connectivity index (χ4n) is 1.67. The summed E-state index contributed by atoms with van der Waals surface area (Å²) < 4.78 is 2.16. The maximum atomic E-state index is 4.42. The van der Waals surface area contributed by atoms with E-state index in [2.05, 4.69) is 44.8 Å².